The van der Waals surface area contributed by atoms with Crippen LogP contribution in [0.3, 0.4) is 0 Å². The molecule has 0 aliphatic carbocycles. The summed E-state index contributed by atoms with van der Waals surface area (Å²) in [6, 6.07) is 14.4. The first-order valence-corrected chi connectivity index (χ1v) is 6.48. The summed E-state index contributed by atoms with van der Waals surface area (Å²) in [5.41, 5.74) is 2.00. The molecule has 1 heterocycles. The van der Waals surface area contributed by atoms with Crippen LogP contribution in [0.4, 0.5) is 0 Å². The molecule has 1 nitrogen and oxygen atoms in total. The summed E-state index contributed by atoms with van der Waals surface area (Å²) >= 11 is 7.06. The first-order chi connectivity index (χ1) is 7.75. The minimum atomic E-state index is 0. The fourth-order valence-corrected chi connectivity index (χ4v) is 2.75. The van der Waals surface area contributed by atoms with Crippen LogP contribution in [0, 0.1) is 0 Å². The van der Waals surface area contributed by atoms with Crippen LogP contribution in [0.5, 0.6) is 0 Å². The maximum Gasteiger partial charge on any atom is 0.0852 e. The monoisotopic (exact) mass is 358 g/mol. The predicted octanol–water partition coefficient (Wildman–Crippen LogP) is 4.53. The molecule has 0 aliphatic heterocycles. The SMILES string of the molecule is Brc1cccc2cc3cccc(Br)c3nc12.[Na]. The van der Waals surface area contributed by atoms with Crippen LogP contribution in [0.25, 0.3) is 21.8 Å². The number of pyridine rings is 1. The smallest absolute Gasteiger partial charge is 0.0852 e. The van der Waals surface area contributed by atoms with Crippen molar-refractivity contribution in [3.05, 3.63) is 51.4 Å². The van der Waals surface area contributed by atoms with E-state index in [1.54, 1.807) is 0 Å². The fourth-order valence-electron chi connectivity index (χ4n) is 1.81. The van der Waals surface area contributed by atoms with E-state index in [9.17, 15) is 0 Å². The Morgan fingerprint density at radius 1 is 0.765 bits per heavy atom. The van der Waals surface area contributed by atoms with Gasteiger partial charge in [-0.2, -0.15) is 0 Å². The molecule has 0 bridgehead atoms. The minimum Gasteiger partial charge on any atom is -0.245 e. The van der Waals surface area contributed by atoms with E-state index in [4.69, 9.17) is 0 Å². The molecule has 79 valence electrons. The number of rotatable bonds is 0. The number of hydrogen-bond donors (Lipinski definition) is 0. The van der Waals surface area contributed by atoms with Gasteiger partial charge in [0.1, 0.15) is 0 Å². The molecule has 3 aromatic rings. The topological polar surface area (TPSA) is 12.9 Å². The van der Waals surface area contributed by atoms with Gasteiger partial charge in [-0.15, -0.1) is 0 Å². The van der Waals surface area contributed by atoms with E-state index < -0.39 is 0 Å². The fraction of sp³-hybridized carbons (Fsp3) is 0. The van der Waals surface area contributed by atoms with Crippen molar-refractivity contribution in [2.24, 2.45) is 0 Å². The van der Waals surface area contributed by atoms with Gasteiger partial charge in [0.2, 0.25) is 0 Å². The van der Waals surface area contributed by atoms with E-state index in [1.165, 1.54) is 0 Å². The summed E-state index contributed by atoms with van der Waals surface area (Å²) in [5.74, 6) is 0. The zero-order valence-corrected chi connectivity index (χ0v) is 14.4. The van der Waals surface area contributed by atoms with E-state index in [-0.39, 0.29) is 29.6 Å². The van der Waals surface area contributed by atoms with Crippen LogP contribution in [-0.4, -0.2) is 34.5 Å². The van der Waals surface area contributed by atoms with Gasteiger partial charge in [-0.05, 0) is 50.1 Å². The van der Waals surface area contributed by atoms with Crippen LogP contribution in [0.2, 0.25) is 0 Å². The normalized spacial score (nSPS) is 10.5. The molecule has 0 N–H and O–H groups in total. The number of fused-ring (bicyclic) bond motifs is 2. The molecule has 0 saturated carbocycles. The number of nitrogens with zero attached hydrogens (tertiary/aromatic N) is 1. The van der Waals surface area contributed by atoms with E-state index in [1.807, 2.05) is 24.3 Å². The molecule has 0 atom stereocenters. The second-order valence-electron chi connectivity index (χ2n) is 3.61. The van der Waals surface area contributed by atoms with E-state index in [0.717, 1.165) is 30.8 Å². The summed E-state index contributed by atoms with van der Waals surface area (Å²) in [6.45, 7) is 0. The average Bonchev–Trinajstić information content (AvgIpc) is 2.28. The van der Waals surface area contributed by atoms with Crippen molar-refractivity contribution < 1.29 is 0 Å². The standard InChI is InChI=1S/C13H7Br2N.Na/c14-10-5-1-3-8-7-9-4-2-6-11(15)13(9)16-12(8)10;/h1-7H;. The molecule has 2 aromatic carbocycles. The molecule has 0 amide bonds. The largest absolute Gasteiger partial charge is 0.245 e. The molecule has 0 fully saturated rings. The van der Waals surface area contributed by atoms with Crippen LogP contribution in [-0.2, 0) is 0 Å². The first-order valence-electron chi connectivity index (χ1n) is 4.89. The predicted molar refractivity (Wildman–Crippen MR) is 80.4 cm³/mol. The Morgan fingerprint density at radius 2 is 1.24 bits per heavy atom. The zero-order valence-electron chi connectivity index (χ0n) is 9.24. The van der Waals surface area contributed by atoms with Gasteiger partial charge in [0.05, 0.1) is 11.0 Å². The summed E-state index contributed by atoms with van der Waals surface area (Å²) in [5, 5.41) is 2.31. The van der Waals surface area contributed by atoms with Gasteiger partial charge in [-0.1, -0.05) is 24.3 Å². The molecule has 0 spiro atoms. The third-order valence-corrected chi connectivity index (χ3v) is 3.85. The second kappa shape index (κ2) is 5.37. The van der Waals surface area contributed by atoms with Gasteiger partial charge in [-0.3, -0.25) is 0 Å². The Labute approximate surface area is 138 Å². The van der Waals surface area contributed by atoms with Gasteiger partial charge in [0.25, 0.3) is 0 Å². The molecule has 17 heavy (non-hydrogen) atoms. The van der Waals surface area contributed by atoms with Crippen LogP contribution in [0.1, 0.15) is 0 Å². The third-order valence-electron chi connectivity index (χ3n) is 2.57. The minimum absolute atomic E-state index is 0. The van der Waals surface area contributed by atoms with Crippen molar-refractivity contribution >= 4 is 83.2 Å². The van der Waals surface area contributed by atoms with E-state index in [0.29, 0.717) is 0 Å². The zero-order chi connectivity index (χ0) is 11.1. The molecule has 1 radical (unpaired) electrons. The molecular weight excluding hydrogens is 353 g/mol. The van der Waals surface area contributed by atoms with Crippen LogP contribution >= 0.6 is 31.9 Å². The first kappa shape index (κ1) is 13.5. The Bertz CT molecular complexity index is 640. The molecule has 0 unspecified atom stereocenters. The number of halogens is 2. The third kappa shape index (κ3) is 2.45. The number of hydrogen-bond acceptors (Lipinski definition) is 1. The summed E-state index contributed by atoms with van der Waals surface area (Å²) in [4.78, 5) is 4.68. The van der Waals surface area contributed by atoms with Gasteiger partial charge < -0.3 is 0 Å². The number of benzene rings is 2. The van der Waals surface area contributed by atoms with Gasteiger partial charge in [-0.25, -0.2) is 4.98 Å². The van der Waals surface area contributed by atoms with Gasteiger partial charge in [0, 0.05) is 49.3 Å². The average molecular weight is 360 g/mol. The maximum atomic E-state index is 4.68. The van der Waals surface area contributed by atoms with E-state index in [2.05, 4.69) is 55.0 Å². The molecular formula is C13H7Br2NNa. The van der Waals surface area contributed by atoms with Crippen molar-refractivity contribution in [2.45, 2.75) is 0 Å². The Balaban J connectivity index is 0.00000108. The van der Waals surface area contributed by atoms with Gasteiger partial charge >= 0.3 is 0 Å². The Hall–Kier alpha value is 0.0700. The van der Waals surface area contributed by atoms with Crippen molar-refractivity contribution in [2.75, 3.05) is 0 Å². The maximum absolute atomic E-state index is 4.68. The van der Waals surface area contributed by atoms with Crippen LogP contribution in [0.15, 0.2) is 51.4 Å². The van der Waals surface area contributed by atoms with Crippen molar-refractivity contribution in [3.63, 3.8) is 0 Å². The Kier molecular flexibility index (Phi) is 4.26. The van der Waals surface area contributed by atoms with Crippen molar-refractivity contribution in [1.29, 1.82) is 0 Å². The molecule has 3 rings (SSSR count). The summed E-state index contributed by atoms with van der Waals surface area (Å²) in [7, 11) is 0. The molecule has 0 saturated heterocycles. The van der Waals surface area contributed by atoms with Crippen molar-refractivity contribution in [1.82, 2.24) is 4.98 Å². The second-order valence-corrected chi connectivity index (χ2v) is 5.32. The summed E-state index contributed by atoms with van der Waals surface area (Å²) < 4.78 is 2.06. The molecule has 1 aromatic heterocycles. The molecule has 0 aliphatic rings. The Morgan fingerprint density at radius 3 is 1.71 bits per heavy atom. The van der Waals surface area contributed by atoms with Gasteiger partial charge in [0.15, 0.2) is 0 Å². The summed E-state index contributed by atoms with van der Waals surface area (Å²) in [6.07, 6.45) is 0. The van der Waals surface area contributed by atoms with Crippen molar-refractivity contribution in [3.8, 4) is 0 Å². The number of aromatic nitrogens is 1. The number of para-hydroxylation sites is 2. The van der Waals surface area contributed by atoms with E-state index >= 15 is 0 Å². The van der Waals surface area contributed by atoms with Crippen LogP contribution < -0.4 is 0 Å². The molecule has 4 heteroatoms. The quantitative estimate of drug-likeness (QED) is 0.424.